The van der Waals surface area contributed by atoms with Crippen LogP contribution in [0.1, 0.15) is 55.2 Å². The molecule has 3 rings (SSSR count). The van der Waals surface area contributed by atoms with Gasteiger partial charge >= 0.3 is 0 Å². The molecule has 0 bridgehead atoms. The molecule has 0 aromatic carbocycles. The largest absolute Gasteiger partial charge is 0.350 e. The molecule has 2 aromatic heterocycles. The Morgan fingerprint density at radius 2 is 1.90 bits per heavy atom. The molecule has 21 heavy (non-hydrogen) atoms. The van der Waals surface area contributed by atoms with Crippen LogP contribution in [0.3, 0.4) is 0 Å². The van der Waals surface area contributed by atoms with Gasteiger partial charge < -0.3 is 9.88 Å². The lowest BCUT2D eigenvalue weighted by Crippen LogP contribution is -2.15. The average molecular weight is 284 g/mol. The predicted molar refractivity (Wildman–Crippen MR) is 85.4 cm³/mol. The molecule has 0 atom stereocenters. The number of pyridine rings is 1. The second-order valence-corrected chi connectivity index (χ2v) is 6.03. The number of aryl methyl sites for hydroxylation is 2. The van der Waals surface area contributed by atoms with Crippen molar-refractivity contribution in [1.82, 2.24) is 14.5 Å². The fourth-order valence-corrected chi connectivity index (χ4v) is 3.15. The summed E-state index contributed by atoms with van der Waals surface area (Å²) in [6.07, 6.45) is 8.77. The van der Waals surface area contributed by atoms with E-state index in [4.69, 9.17) is 0 Å². The topological polar surface area (TPSA) is 42.7 Å². The molecule has 0 saturated heterocycles. The highest BCUT2D eigenvalue weighted by Gasteiger charge is 2.18. The number of aromatic nitrogens is 3. The Morgan fingerprint density at radius 1 is 1.10 bits per heavy atom. The summed E-state index contributed by atoms with van der Waals surface area (Å²) in [5.74, 6) is 0.989. The molecule has 1 N–H and O–H groups in total. The molecular weight excluding hydrogens is 260 g/mol. The average Bonchev–Trinajstić information content (AvgIpc) is 2.87. The Bertz CT molecular complexity index is 597. The van der Waals surface area contributed by atoms with Crippen molar-refractivity contribution in [1.29, 1.82) is 0 Å². The predicted octanol–water partition coefficient (Wildman–Crippen LogP) is 4.01. The van der Waals surface area contributed by atoms with Crippen LogP contribution in [0.15, 0.2) is 24.4 Å². The van der Waals surface area contributed by atoms with Crippen molar-refractivity contribution in [3.05, 3.63) is 41.5 Å². The van der Waals surface area contributed by atoms with E-state index in [-0.39, 0.29) is 0 Å². The van der Waals surface area contributed by atoms with Crippen LogP contribution in [0.25, 0.3) is 0 Å². The number of anilines is 1. The standard InChI is InChI=1S/C17H24N4/c1-13-7-6-8-15(19-13)11-18-17-20-14(2)12-21(17)16-9-4-3-5-10-16/h6-8,12,16H,3-5,9-11H2,1-2H3,(H,18,20). The lowest BCUT2D eigenvalue weighted by Gasteiger charge is -2.24. The molecule has 0 amide bonds. The van der Waals surface area contributed by atoms with Crippen molar-refractivity contribution < 1.29 is 0 Å². The molecule has 112 valence electrons. The molecule has 1 fully saturated rings. The van der Waals surface area contributed by atoms with Crippen LogP contribution in [0.5, 0.6) is 0 Å². The van der Waals surface area contributed by atoms with Crippen molar-refractivity contribution in [2.24, 2.45) is 0 Å². The lowest BCUT2D eigenvalue weighted by molar-refractivity contribution is 0.355. The van der Waals surface area contributed by atoms with E-state index in [0.29, 0.717) is 6.04 Å². The van der Waals surface area contributed by atoms with E-state index in [1.54, 1.807) is 0 Å². The molecule has 2 heterocycles. The number of rotatable bonds is 4. The molecular formula is C17H24N4. The second-order valence-electron chi connectivity index (χ2n) is 6.03. The summed E-state index contributed by atoms with van der Waals surface area (Å²) in [6.45, 7) is 4.82. The van der Waals surface area contributed by atoms with Crippen LogP contribution in [0.2, 0.25) is 0 Å². The van der Waals surface area contributed by atoms with Gasteiger partial charge in [-0.15, -0.1) is 0 Å². The van der Waals surface area contributed by atoms with Gasteiger partial charge in [0.05, 0.1) is 17.9 Å². The minimum atomic E-state index is 0.605. The molecule has 4 nitrogen and oxygen atoms in total. The maximum Gasteiger partial charge on any atom is 0.203 e. The fourth-order valence-electron chi connectivity index (χ4n) is 3.15. The molecule has 0 aliphatic heterocycles. The van der Waals surface area contributed by atoms with Crippen LogP contribution in [0.4, 0.5) is 5.95 Å². The second kappa shape index (κ2) is 6.29. The van der Waals surface area contributed by atoms with Gasteiger partial charge in [-0.1, -0.05) is 25.3 Å². The molecule has 2 aromatic rings. The first-order chi connectivity index (χ1) is 10.2. The number of nitrogens with zero attached hydrogens (tertiary/aromatic N) is 3. The van der Waals surface area contributed by atoms with Gasteiger partial charge in [-0.25, -0.2) is 4.98 Å². The highest BCUT2D eigenvalue weighted by Crippen LogP contribution is 2.30. The van der Waals surface area contributed by atoms with Gasteiger partial charge in [-0.2, -0.15) is 0 Å². The summed E-state index contributed by atoms with van der Waals surface area (Å²) in [6, 6.07) is 6.74. The Balaban J connectivity index is 1.72. The smallest absolute Gasteiger partial charge is 0.203 e. The van der Waals surface area contributed by atoms with E-state index in [1.807, 2.05) is 13.0 Å². The molecule has 0 unspecified atom stereocenters. The summed E-state index contributed by atoms with van der Waals surface area (Å²) < 4.78 is 2.34. The van der Waals surface area contributed by atoms with Crippen LogP contribution in [-0.4, -0.2) is 14.5 Å². The fraction of sp³-hybridized carbons (Fsp3) is 0.529. The zero-order chi connectivity index (χ0) is 14.7. The van der Waals surface area contributed by atoms with Crippen LogP contribution in [0, 0.1) is 13.8 Å². The van der Waals surface area contributed by atoms with E-state index >= 15 is 0 Å². The molecule has 1 aliphatic carbocycles. The van der Waals surface area contributed by atoms with E-state index in [9.17, 15) is 0 Å². The molecule has 1 aliphatic rings. The van der Waals surface area contributed by atoms with Crippen molar-refractivity contribution in [2.75, 3.05) is 5.32 Å². The lowest BCUT2D eigenvalue weighted by atomic mass is 9.95. The van der Waals surface area contributed by atoms with Crippen molar-refractivity contribution >= 4 is 5.95 Å². The summed E-state index contributed by atoms with van der Waals surface area (Å²) in [7, 11) is 0. The van der Waals surface area contributed by atoms with Crippen LogP contribution >= 0.6 is 0 Å². The first-order valence-corrected chi connectivity index (χ1v) is 7.94. The summed E-state index contributed by atoms with van der Waals surface area (Å²) >= 11 is 0. The highest BCUT2D eigenvalue weighted by molar-refractivity contribution is 5.31. The van der Waals surface area contributed by atoms with Gasteiger partial charge in [0.2, 0.25) is 5.95 Å². The first-order valence-electron chi connectivity index (χ1n) is 7.94. The molecule has 0 spiro atoms. The Kier molecular flexibility index (Phi) is 4.23. The maximum atomic E-state index is 4.65. The SMILES string of the molecule is Cc1cccc(CNc2nc(C)cn2C2CCCCC2)n1. The third-order valence-electron chi connectivity index (χ3n) is 4.19. The zero-order valence-electron chi connectivity index (χ0n) is 13.0. The summed E-state index contributed by atoms with van der Waals surface area (Å²) in [5.41, 5.74) is 3.20. The Labute approximate surface area is 126 Å². The van der Waals surface area contributed by atoms with E-state index < -0.39 is 0 Å². The molecule has 4 heteroatoms. The van der Waals surface area contributed by atoms with Gasteiger partial charge in [0, 0.05) is 17.9 Å². The quantitative estimate of drug-likeness (QED) is 0.922. The maximum absolute atomic E-state index is 4.65. The van der Waals surface area contributed by atoms with Crippen molar-refractivity contribution in [2.45, 2.75) is 58.5 Å². The van der Waals surface area contributed by atoms with Crippen LogP contribution in [-0.2, 0) is 6.54 Å². The first kappa shape index (κ1) is 14.1. The molecule has 1 saturated carbocycles. The third kappa shape index (κ3) is 3.43. The van der Waals surface area contributed by atoms with Gasteiger partial charge in [0.1, 0.15) is 0 Å². The van der Waals surface area contributed by atoms with Gasteiger partial charge in [-0.3, -0.25) is 4.98 Å². The molecule has 0 radical (unpaired) electrons. The number of imidazole rings is 1. The van der Waals surface area contributed by atoms with Gasteiger partial charge in [-0.05, 0) is 38.8 Å². The van der Waals surface area contributed by atoms with E-state index in [2.05, 4.69) is 45.1 Å². The summed E-state index contributed by atoms with van der Waals surface area (Å²) in [4.78, 5) is 9.19. The minimum absolute atomic E-state index is 0.605. The zero-order valence-corrected chi connectivity index (χ0v) is 13.0. The van der Waals surface area contributed by atoms with Crippen molar-refractivity contribution in [3.63, 3.8) is 0 Å². The number of hydrogen-bond donors (Lipinski definition) is 1. The Hall–Kier alpha value is -1.84. The summed E-state index contributed by atoms with van der Waals surface area (Å²) in [5, 5.41) is 3.46. The monoisotopic (exact) mass is 284 g/mol. The Morgan fingerprint density at radius 3 is 2.67 bits per heavy atom. The van der Waals surface area contributed by atoms with Crippen LogP contribution < -0.4 is 5.32 Å². The normalized spacial score (nSPS) is 16.1. The van der Waals surface area contributed by atoms with Crippen molar-refractivity contribution in [3.8, 4) is 0 Å². The van der Waals surface area contributed by atoms with Gasteiger partial charge in [0.15, 0.2) is 0 Å². The number of hydrogen-bond acceptors (Lipinski definition) is 3. The highest BCUT2D eigenvalue weighted by atomic mass is 15.2. The van der Waals surface area contributed by atoms with E-state index in [1.165, 1.54) is 32.1 Å². The van der Waals surface area contributed by atoms with Gasteiger partial charge in [0.25, 0.3) is 0 Å². The number of nitrogens with one attached hydrogen (secondary N) is 1. The third-order valence-corrected chi connectivity index (χ3v) is 4.19. The minimum Gasteiger partial charge on any atom is -0.350 e. The van der Waals surface area contributed by atoms with E-state index in [0.717, 1.165) is 29.6 Å².